The van der Waals surface area contributed by atoms with E-state index in [4.69, 9.17) is 14.6 Å². The number of aliphatic hydroxyl groups is 3. The molecular weight excluding hydrogens is 304 g/mol. The number of aliphatic carboxylic acids is 1. The highest BCUT2D eigenvalue weighted by molar-refractivity contribution is 5.73. The van der Waals surface area contributed by atoms with Crippen molar-refractivity contribution < 1.29 is 34.7 Å². The molecule has 0 radical (unpaired) electrons. The smallest absolute Gasteiger partial charge is 0.335 e. The molecule has 1 heterocycles. The van der Waals surface area contributed by atoms with Gasteiger partial charge in [0.2, 0.25) is 0 Å². The highest BCUT2D eigenvalue weighted by atomic mass is 16.7. The fourth-order valence-corrected chi connectivity index (χ4v) is 4.66. The van der Waals surface area contributed by atoms with Crippen LogP contribution in [-0.4, -0.2) is 63.2 Å². The van der Waals surface area contributed by atoms with Crippen LogP contribution >= 0.6 is 0 Å². The Hall–Kier alpha value is -0.730. The molecule has 4 N–H and O–H groups in total. The highest BCUT2D eigenvalue weighted by Crippen LogP contribution is 2.66. The zero-order chi connectivity index (χ0) is 17.2. The quantitative estimate of drug-likeness (QED) is 0.580. The van der Waals surface area contributed by atoms with E-state index in [2.05, 4.69) is 20.8 Å². The molecule has 132 valence electrons. The summed E-state index contributed by atoms with van der Waals surface area (Å²) in [5.41, 5.74) is 0.0160. The van der Waals surface area contributed by atoms with Crippen LogP contribution in [0, 0.1) is 16.7 Å². The van der Waals surface area contributed by atoms with E-state index < -0.39 is 36.7 Å². The van der Waals surface area contributed by atoms with Crippen molar-refractivity contribution in [3.63, 3.8) is 0 Å². The van der Waals surface area contributed by atoms with Gasteiger partial charge in [-0.25, -0.2) is 4.79 Å². The zero-order valence-electron chi connectivity index (χ0n) is 13.7. The molecule has 3 aliphatic rings. The van der Waals surface area contributed by atoms with Crippen LogP contribution in [0.5, 0.6) is 0 Å². The molecule has 3 fully saturated rings. The molecule has 0 amide bonds. The van der Waals surface area contributed by atoms with Crippen molar-refractivity contribution in [3.8, 4) is 0 Å². The molecule has 0 aromatic heterocycles. The molecule has 0 aromatic rings. The number of hydrogen-bond donors (Lipinski definition) is 4. The van der Waals surface area contributed by atoms with Crippen LogP contribution in [0.1, 0.15) is 40.0 Å². The zero-order valence-corrected chi connectivity index (χ0v) is 13.7. The van der Waals surface area contributed by atoms with Gasteiger partial charge in [-0.3, -0.25) is 0 Å². The van der Waals surface area contributed by atoms with Crippen molar-refractivity contribution >= 4 is 5.97 Å². The summed E-state index contributed by atoms with van der Waals surface area (Å²) in [5, 5.41) is 38.8. The lowest BCUT2D eigenvalue weighted by molar-refractivity contribution is -0.312. The van der Waals surface area contributed by atoms with E-state index in [0.29, 0.717) is 5.92 Å². The Labute approximate surface area is 135 Å². The molecule has 0 aromatic carbocycles. The number of rotatable bonds is 3. The van der Waals surface area contributed by atoms with E-state index in [0.717, 1.165) is 19.3 Å². The maximum atomic E-state index is 11.2. The number of hydrogen-bond acceptors (Lipinski definition) is 6. The minimum absolute atomic E-state index is 0.0829. The summed E-state index contributed by atoms with van der Waals surface area (Å²) in [5.74, 6) is -0.874. The van der Waals surface area contributed by atoms with Crippen LogP contribution in [0.4, 0.5) is 0 Å². The highest BCUT2D eigenvalue weighted by Gasteiger charge is 2.63. The van der Waals surface area contributed by atoms with E-state index in [-0.39, 0.29) is 16.9 Å². The van der Waals surface area contributed by atoms with Gasteiger partial charge in [0.1, 0.15) is 18.3 Å². The SMILES string of the molecule is CC1(C)[C@@H]2CC[C@@]1(C)[C@@H](O[C@@H]1O[C@H](C(=O)O)[C@@H](O)[C@H](O)[C@H]1O)C2. The van der Waals surface area contributed by atoms with Crippen LogP contribution < -0.4 is 0 Å². The van der Waals surface area contributed by atoms with E-state index in [1.807, 2.05) is 0 Å². The average molecular weight is 330 g/mol. The van der Waals surface area contributed by atoms with Gasteiger partial charge >= 0.3 is 5.97 Å². The molecule has 8 atom stereocenters. The lowest BCUT2D eigenvalue weighted by atomic mass is 9.70. The summed E-state index contributed by atoms with van der Waals surface area (Å²) in [6, 6.07) is 0. The van der Waals surface area contributed by atoms with Gasteiger partial charge in [0.15, 0.2) is 12.4 Å². The topological polar surface area (TPSA) is 116 Å². The van der Waals surface area contributed by atoms with Gasteiger partial charge in [0.05, 0.1) is 6.10 Å². The van der Waals surface area contributed by atoms with Gasteiger partial charge in [-0.15, -0.1) is 0 Å². The third kappa shape index (κ3) is 2.33. The van der Waals surface area contributed by atoms with Gasteiger partial charge in [-0.1, -0.05) is 20.8 Å². The predicted molar refractivity (Wildman–Crippen MR) is 78.4 cm³/mol. The van der Waals surface area contributed by atoms with Crippen molar-refractivity contribution in [2.24, 2.45) is 16.7 Å². The molecule has 1 aliphatic heterocycles. The lowest BCUT2D eigenvalue weighted by Crippen LogP contribution is -2.61. The Kier molecular flexibility index (Phi) is 4.01. The molecule has 7 nitrogen and oxygen atoms in total. The second-order valence-electron chi connectivity index (χ2n) is 7.97. The molecule has 0 unspecified atom stereocenters. The lowest BCUT2D eigenvalue weighted by Gasteiger charge is -2.44. The average Bonchev–Trinajstić information content (AvgIpc) is 2.80. The van der Waals surface area contributed by atoms with Crippen molar-refractivity contribution in [2.75, 3.05) is 0 Å². The van der Waals surface area contributed by atoms with Gasteiger partial charge < -0.3 is 29.9 Å². The normalized spacial score (nSPS) is 51.8. The van der Waals surface area contributed by atoms with Crippen molar-refractivity contribution in [2.45, 2.75) is 76.8 Å². The Balaban J connectivity index is 1.76. The number of ether oxygens (including phenoxy) is 2. The molecule has 2 bridgehead atoms. The first-order valence-electron chi connectivity index (χ1n) is 8.17. The number of carboxylic acids is 1. The fourth-order valence-electron chi connectivity index (χ4n) is 4.66. The van der Waals surface area contributed by atoms with Crippen molar-refractivity contribution in [3.05, 3.63) is 0 Å². The Morgan fingerprint density at radius 3 is 2.26 bits per heavy atom. The molecule has 7 heteroatoms. The third-order valence-corrected chi connectivity index (χ3v) is 6.83. The summed E-state index contributed by atoms with van der Waals surface area (Å²) in [6.07, 6.45) is -4.86. The maximum Gasteiger partial charge on any atom is 0.335 e. The van der Waals surface area contributed by atoms with E-state index in [1.165, 1.54) is 0 Å². The Morgan fingerprint density at radius 2 is 1.78 bits per heavy atom. The Bertz CT molecular complexity index is 493. The van der Waals surface area contributed by atoms with Crippen LogP contribution in [0.2, 0.25) is 0 Å². The molecule has 2 saturated carbocycles. The molecular formula is C16H26O7. The van der Waals surface area contributed by atoms with Crippen LogP contribution in [-0.2, 0) is 14.3 Å². The summed E-state index contributed by atoms with van der Waals surface area (Å²) < 4.78 is 11.2. The Morgan fingerprint density at radius 1 is 1.13 bits per heavy atom. The second kappa shape index (κ2) is 5.39. The van der Waals surface area contributed by atoms with Gasteiger partial charge in [-0.05, 0) is 36.0 Å². The van der Waals surface area contributed by atoms with Crippen LogP contribution in [0.3, 0.4) is 0 Å². The summed E-state index contributed by atoms with van der Waals surface area (Å²) in [4.78, 5) is 11.2. The standard InChI is InChI=1S/C16H26O7/c1-15(2)7-4-5-16(15,3)8(6-7)22-14-11(19)9(17)10(18)12(23-14)13(20)21/h7-12,14,17-19H,4-6H2,1-3H3,(H,20,21)/t7-,8+,9+,10+,11-,12+,14-,16+/m1/s1. The van der Waals surface area contributed by atoms with E-state index in [1.54, 1.807) is 0 Å². The summed E-state index contributed by atoms with van der Waals surface area (Å²) in [6.45, 7) is 6.58. The monoisotopic (exact) mass is 330 g/mol. The minimum atomic E-state index is -1.69. The third-order valence-electron chi connectivity index (χ3n) is 6.83. The maximum absolute atomic E-state index is 11.2. The largest absolute Gasteiger partial charge is 0.479 e. The van der Waals surface area contributed by atoms with Gasteiger partial charge in [-0.2, -0.15) is 0 Å². The molecule has 0 spiro atoms. The van der Waals surface area contributed by atoms with Gasteiger partial charge in [0, 0.05) is 0 Å². The van der Waals surface area contributed by atoms with E-state index in [9.17, 15) is 20.1 Å². The summed E-state index contributed by atoms with van der Waals surface area (Å²) in [7, 11) is 0. The summed E-state index contributed by atoms with van der Waals surface area (Å²) >= 11 is 0. The molecule has 1 saturated heterocycles. The fraction of sp³-hybridized carbons (Fsp3) is 0.938. The van der Waals surface area contributed by atoms with E-state index >= 15 is 0 Å². The van der Waals surface area contributed by atoms with Crippen molar-refractivity contribution in [1.82, 2.24) is 0 Å². The molecule has 2 aliphatic carbocycles. The predicted octanol–water partition coefficient (Wildman–Crippen LogP) is 0.110. The van der Waals surface area contributed by atoms with Crippen LogP contribution in [0.15, 0.2) is 0 Å². The number of carboxylic acid groups (broad SMARTS) is 1. The minimum Gasteiger partial charge on any atom is -0.479 e. The second-order valence-corrected chi connectivity index (χ2v) is 7.97. The number of fused-ring (bicyclic) bond motifs is 2. The molecule has 23 heavy (non-hydrogen) atoms. The van der Waals surface area contributed by atoms with Crippen molar-refractivity contribution in [1.29, 1.82) is 0 Å². The van der Waals surface area contributed by atoms with Crippen LogP contribution in [0.25, 0.3) is 0 Å². The first-order chi connectivity index (χ1) is 10.6. The first kappa shape index (κ1) is 17.1. The number of carbonyl (C=O) groups is 1. The molecule has 3 rings (SSSR count). The first-order valence-corrected chi connectivity index (χ1v) is 8.17. The van der Waals surface area contributed by atoms with Gasteiger partial charge in [0.25, 0.3) is 0 Å². The number of aliphatic hydroxyl groups excluding tert-OH is 3.